The predicted molar refractivity (Wildman–Crippen MR) is 70.5 cm³/mol. The number of ketones is 1. The van der Waals surface area contributed by atoms with E-state index < -0.39 is 0 Å². The number of ether oxygens (including phenoxy) is 1. The van der Waals surface area contributed by atoms with Gasteiger partial charge < -0.3 is 4.74 Å². The lowest BCUT2D eigenvalue weighted by Crippen LogP contribution is -2.54. The third-order valence-corrected chi connectivity index (χ3v) is 5.13. The number of hydrogen-bond donors (Lipinski definition) is 0. The maximum atomic E-state index is 11.7. The van der Waals surface area contributed by atoms with Gasteiger partial charge in [0.05, 0.1) is 6.10 Å². The maximum absolute atomic E-state index is 11.7. The van der Waals surface area contributed by atoms with Crippen LogP contribution in [0, 0.1) is 5.92 Å². The summed E-state index contributed by atoms with van der Waals surface area (Å²) in [5.41, 5.74) is 0. The number of carbonyl (C=O) groups is 1. The molecule has 18 heavy (non-hydrogen) atoms. The van der Waals surface area contributed by atoms with E-state index in [-0.39, 0.29) is 0 Å². The van der Waals surface area contributed by atoms with Crippen molar-refractivity contribution in [2.45, 2.75) is 70.1 Å². The Bertz CT molecular complexity index is 302. The summed E-state index contributed by atoms with van der Waals surface area (Å²) in [5, 5.41) is 0. The minimum Gasteiger partial charge on any atom is -0.378 e. The molecule has 3 heterocycles. The monoisotopic (exact) mass is 251 g/mol. The van der Waals surface area contributed by atoms with Crippen LogP contribution in [-0.2, 0) is 9.53 Å². The molecular formula is C15H25NO2. The molecule has 0 aromatic carbocycles. The van der Waals surface area contributed by atoms with Crippen LogP contribution >= 0.6 is 0 Å². The SMILES string of the molecule is CCC1OCCC1CN1C2CCCC1CC(=O)C2. The predicted octanol–water partition coefficient (Wildman–Crippen LogP) is 2.39. The zero-order valence-corrected chi connectivity index (χ0v) is 11.4. The average molecular weight is 251 g/mol. The minimum atomic E-state index is 0.461. The van der Waals surface area contributed by atoms with Crippen molar-refractivity contribution in [3.05, 3.63) is 0 Å². The summed E-state index contributed by atoms with van der Waals surface area (Å²) in [7, 11) is 0. The zero-order chi connectivity index (χ0) is 12.5. The summed E-state index contributed by atoms with van der Waals surface area (Å²) in [5.74, 6) is 1.20. The molecule has 0 saturated carbocycles. The summed E-state index contributed by atoms with van der Waals surface area (Å²) in [6, 6.07) is 1.09. The third kappa shape index (κ3) is 2.35. The van der Waals surface area contributed by atoms with Gasteiger partial charge in [0.2, 0.25) is 0 Å². The van der Waals surface area contributed by atoms with Crippen LogP contribution in [0.15, 0.2) is 0 Å². The fourth-order valence-corrected chi connectivity index (χ4v) is 4.19. The van der Waals surface area contributed by atoms with Crippen molar-refractivity contribution in [1.82, 2.24) is 4.90 Å². The van der Waals surface area contributed by atoms with Gasteiger partial charge in [0.1, 0.15) is 5.78 Å². The molecule has 0 N–H and O–H groups in total. The molecule has 0 radical (unpaired) electrons. The molecule has 0 spiro atoms. The number of rotatable bonds is 3. The smallest absolute Gasteiger partial charge is 0.136 e. The largest absolute Gasteiger partial charge is 0.378 e. The van der Waals surface area contributed by atoms with Crippen LogP contribution in [0.4, 0.5) is 0 Å². The van der Waals surface area contributed by atoms with Crippen molar-refractivity contribution in [1.29, 1.82) is 0 Å². The summed E-state index contributed by atoms with van der Waals surface area (Å²) in [4.78, 5) is 14.4. The van der Waals surface area contributed by atoms with Crippen molar-refractivity contribution < 1.29 is 9.53 Å². The molecular weight excluding hydrogens is 226 g/mol. The Morgan fingerprint density at radius 1 is 1.22 bits per heavy atom. The van der Waals surface area contributed by atoms with Crippen LogP contribution in [0.3, 0.4) is 0 Å². The van der Waals surface area contributed by atoms with Crippen molar-refractivity contribution in [2.24, 2.45) is 5.92 Å². The summed E-state index contributed by atoms with van der Waals surface area (Å²) < 4.78 is 5.81. The van der Waals surface area contributed by atoms with Crippen LogP contribution in [-0.4, -0.2) is 42.0 Å². The third-order valence-electron chi connectivity index (χ3n) is 5.13. The number of nitrogens with zero attached hydrogens (tertiary/aromatic N) is 1. The second kappa shape index (κ2) is 5.30. The van der Waals surface area contributed by atoms with E-state index >= 15 is 0 Å². The van der Waals surface area contributed by atoms with Gasteiger partial charge >= 0.3 is 0 Å². The number of fused-ring (bicyclic) bond motifs is 2. The second-order valence-electron chi connectivity index (χ2n) is 6.25. The van der Waals surface area contributed by atoms with Crippen molar-refractivity contribution >= 4 is 5.78 Å². The molecule has 3 nitrogen and oxygen atoms in total. The molecule has 3 aliphatic heterocycles. The molecule has 0 aliphatic carbocycles. The highest BCUT2D eigenvalue weighted by Gasteiger charge is 2.40. The molecule has 3 fully saturated rings. The number of Topliss-reactive ketones (excluding diaryl/α,β-unsaturated/α-hetero) is 1. The van der Waals surface area contributed by atoms with Gasteiger partial charge in [-0.1, -0.05) is 13.3 Å². The fraction of sp³-hybridized carbons (Fsp3) is 0.933. The highest BCUT2D eigenvalue weighted by atomic mass is 16.5. The molecule has 102 valence electrons. The van der Waals surface area contributed by atoms with Crippen LogP contribution in [0.1, 0.15) is 51.9 Å². The van der Waals surface area contributed by atoms with Crippen LogP contribution < -0.4 is 0 Å². The van der Waals surface area contributed by atoms with Crippen molar-refractivity contribution in [3.8, 4) is 0 Å². The van der Waals surface area contributed by atoms with Gasteiger partial charge in [0.15, 0.2) is 0 Å². The molecule has 0 aromatic rings. The van der Waals surface area contributed by atoms with E-state index in [9.17, 15) is 4.79 Å². The van der Waals surface area contributed by atoms with Crippen LogP contribution in [0.5, 0.6) is 0 Å². The Hall–Kier alpha value is -0.410. The first-order valence-corrected chi connectivity index (χ1v) is 7.67. The lowest BCUT2D eigenvalue weighted by molar-refractivity contribution is -0.127. The molecule has 0 aromatic heterocycles. The van der Waals surface area contributed by atoms with Gasteiger partial charge in [0, 0.05) is 38.1 Å². The second-order valence-corrected chi connectivity index (χ2v) is 6.25. The average Bonchev–Trinajstić information content (AvgIpc) is 2.77. The highest BCUT2D eigenvalue weighted by molar-refractivity contribution is 5.80. The van der Waals surface area contributed by atoms with Gasteiger partial charge in [-0.05, 0) is 31.6 Å². The summed E-state index contributed by atoms with van der Waals surface area (Å²) in [6.07, 6.45) is 8.19. The molecule has 3 heteroatoms. The normalized spacial score (nSPS) is 41.3. The maximum Gasteiger partial charge on any atom is 0.136 e. The fourth-order valence-electron chi connectivity index (χ4n) is 4.19. The molecule has 3 saturated heterocycles. The Morgan fingerprint density at radius 2 is 1.94 bits per heavy atom. The lowest BCUT2D eigenvalue weighted by atomic mass is 9.82. The zero-order valence-electron chi connectivity index (χ0n) is 11.4. The van der Waals surface area contributed by atoms with E-state index in [1.54, 1.807) is 0 Å². The van der Waals surface area contributed by atoms with Crippen LogP contribution in [0.2, 0.25) is 0 Å². The summed E-state index contributed by atoms with van der Waals surface area (Å²) in [6.45, 7) is 4.33. The molecule has 4 atom stereocenters. The topological polar surface area (TPSA) is 29.5 Å². The standard InChI is InChI=1S/C15H25NO2/c1-2-15-11(6-7-18-15)10-16-12-4-3-5-13(16)9-14(17)8-12/h11-13,15H,2-10H2,1H3. The molecule has 0 amide bonds. The Morgan fingerprint density at radius 3 is 2.61 bits per heavy atom. The van der Waals surface area contributed by atoms with Gasteiger partial charge in [-0.25, -0.2) is 0 Å². The number of hydrogen-bond acceptors (Lipinski definition) is 3. The molecule has 3 rings (SSSR count). The van der Waals surface area contributed by atoms with Gasteiger partial charge in [-0.15, -0.1) is 0 Å². The highest BCUT2D eigenvalue weighted by Crippen LogP contribution is 2.35. The van der Waals surface area contributed by atoms with Gasteiger partial charge in [-0.2, -0.15) is 0 Å². The van der Waals surface area contributed by atoms with Crippen molar-refractivity contribution in [2.75, 3.05) is 13.2 Å². The molecule has 4 unspecified atom stereocenters. The Labute approximate surface area is 110 Å². The number of piperidine rings is 2. The van der Waals surface area contributed by atoms with E-state index in [0.29, 0.717) is 29.9 Å². The van der Waals surface area contributed by atoms with E-state index in [0.717, 1.165) is 25.9 Å². The summed E-state index contributed by atoms with van der Waals surface area (Å²) >= 11 is 0. The minimum absolute atomic E-state index is 0.461. The lowest BCUT2D eigenvalue weighted by Gasteiger charge is -2.46. The molecule has 2 bridgehead atoms. The van der Waals surface area contributed by atoms with E-state index in [4.69, 9.17) is 4.74 Å². The van der Waals surface area contributed by atoms with Crippen molar-refractivity contribution in [3.63, 3.8) is 0 Å². The Balaban J connectivity index is 1.66. The van der Waals surface area contributed by atoms with E-state index in [1.807, 2.05) is 0 Å². The quantitative estimate of drug-likeness (QED) is 0.771. The van der Waals surface area contributed by atoms with Crippen LogP contribution in [0.25, 0.3) is 0 Å². The first kappa shape index (κ1) is 12.6. The number of carbonyl (C=O) groups excluding carboxylic acids is 1. The van der Waals surface area contributed by atoms with E-state index in [1.165, 1.54) is 32.2 Å². The Kier molecular flexibility index (Phi) is 3.71. The van der Waals surface area contributed by atoms with Gasteiger partial charge in [0.25, 0.3) is 0 Å². The first-order chi connectivity index (χ1) is 8.78. The van der Waals surface area contributed by atoms with E-state index in [2.05, 4.69) is 11.8 Å². The first-order valence-electron chi connectivity index (χ1n) is 7.67. The molecule has 3 aliphatic rings. The van der Waals surface area contributed by atoms with Gasteiger partial charge in [-0.3, -0.25) is 9.69 Å².